The average Bonchev–Trinajstić information content (AvgIpc) is 3.85. The molecule has 39 heavy (non-hydrogen) atoms. The van der Waals surface area contributed by atoms with Crippen molar-refractivity contribution in [1.29, 1.82) is 0 Å². The SMILES string of the molecule is O=C(NC1CC1)c1ccc(OCC(=O)N2CCc3nc4n(c3C2c2ccc(C3CC3)cc2F)CCS4)c(Cl)n1. The summed E-state index contributed by atoms with van der Waals surface area (Å²) in [6.45, 7) is 0.885. The molecule has 4 aliphatic rings. The molecule has 3 aromatic rings. The Hall–Kier alpha value is -3.11. The Balaban J connectivity index is 1.14. The summed E-state index contributed by atoms with van der Waals surface area (Å²) in [6, 6.07) is 8.14. The van der Waals surface area contributed by atoms with E-state index in [0.717, 1.165) is 60.1 Å². The Morgan fingerprint density at radius 3 is 2.72 bits per heavy atom. The standard InChI is InChI=1S/C28H27ClFN5O3S/c29-26-22(8-7-21(32-26)27(37)31-17-4-5-17)38-14-23(36)34-10-9-20-25(35-11-12-39-28(35)33-20)24(34)18-6-3-16(13-19(18)30)15-1-2-15/h3,6-8,13,15,17,24H,1-2,4-5,9-12,14H2,(H,31,37). The van der Waals surface area contributed by atoms with E-state index in [-0.39, 0.29) is 46.9 Å². The molecule has 2 saturated carbocycles. The van der Waals surface area contributed by atoms with Crippen LogP contribution in [0.4, 0.5) is 4.39 Å². The van der Waals surface area contributed by atoms with E-state index in [1.165, 1.54) is 6.07 Å². The summed E-state index contributed by atoms with van der Waals surface area (Å²) >= 11 is 7.98. The van der Waals surface area contributed by atoms with Gasteiger partial charge >= 0.3 is 0 Å². The normalized spacial score (nSPS) is 19.9. The van der Waals surface area contributed by atoms with Gasteiger partial charge in [0.1, 0.15) is 17.6 Å². The van der Waals surface area contributed by atoms with Crippen LogP contribution in [0.3, 0.4) is 0 Å². The number of amides is 2. The first-order chi connectivity index (χ1) is 19.0. The van der Waals surface area contributed by atoms with Gasteiger partial charge in [0.2, 0.25) is 0 Å². The molecule has 2 amide bonds. The molecule has 2 aliphatic carbocycles. The lowest BCUT2D eigenvalue weighted by Crippen LogP contribution is -2.44. The number of carbonyl (C=O) groups is 2. The number of fused-ring (bicyclic) bond motifs is 3. The molecule has 0 spiro atoms. The summed E-state index contributed by atoms with van der Waals surface area (Å²) in [6.07, 6.45) is 4.71. The molecule has 4 heterocycles. The summed E-state index contributed by atoms with van der Waals surface area (Å²) in [5.41, 5.74) is 3.49. The molecule has 202 valence electrons. The minimum Gasteiger partial charge on any atom is -0.481 e. The zero-order valence-electron chi connectivity index (χ0n) is 21.2. The predicted octanol–water partition coefficient (Wildman–Crippen LogP) is 4.50. The number of benzene rings is 1. The molecular weight excluding hydrogens is 541 g/mol. The molecule has 1 aromatic carbocycles. The van der Waals surface area contributed by atoms with Crippen LogP contribution in [0.15, 0.2) is 35.5 Å². The summed E-state index contributed by atoms with van der Waals surface area (Å²) in [5.74, 6) is 0.678. The molecule has 0 saturated heterocycles. The number of nitrogens with zero attached hydrogens (tertiary/aromatic N) is 4. The quantitative estimate of drug-likeness (QED) is 0.423. The maximum atomic E-state index is 15.6. The van der Waals surface area contributed by atoms with Crippen LogP contribution in [0, 0.1) is 5.82 Å². The monoisotopic (exact) mass is 567 g/mol. The molecule has 2 aliphatic heterocycles. The molecule has 2 fully saturated rings. The molecule has 2 aromatic heterocycles. The van der Waals surface area contributed by atoms with Gasteiger partial charge in [-0.05, 0) is 55.4 Å². The van der Waals surface area contributed by atoms with Gasteiger partial charge < -0.3 is 19.5 Å². The topological polar surface area (TPSA) is 89.4 Å². The van der Waals surface area contributed by atoms with Crippen molar-refractivity contribution in [1.82, 2.24) is 24.8 Å². The molecule has 7 rings (SSSR count). The minimum absolute atomic E-state index is 0.0103. The van der Waals surface area contributed by atoms with Gasteiger partial charge in [0, 0.05) is 36.9 Å². The maximum absolute atomic E-state index is 15.6. The third-order valence-electron chi connectivity index (χ3n) is 7.75. The van der Waals surface area contributed by atoms with E-state index in [2.05, 4.69) is 14.9 Å². The van der Waals surface area contributed by atoms with Crippen LogP contribution in [0.5, 0.6) is 5.75 Å². The second kappa shape index (κ2) is 9.82. The largest absolute Gasteiger partial charge is 0.481 e. The van der Waals surface area contributed by atoms with Gasteiger partial charge in [-0.1, -0.05) is 35.5 Å². The van der Waals surface area contributed by atoms with E-state index in [9.17, 15) is 9.59 Å². The van der Waals surface area contributed by atoms with Crippen molar-refractivity contribution < 1.29 is 18.7 Å². The van der Waals surface area contributed by atoms with E-state index in [1.807, 2.05) is 12.1 Å². The van der Waals surface area contributed by atoms with E-state index in [0.29, 0.717) is 24.4 Å². The second-order valence-electron chi connectivity index (χ2n) is 10.5. The zero-order valence-corrected chi connectivity index (χ0v) is 22.7. The number of aromatic nitrogens is 3. The molecule has 0 radical (unpaired) electrons. The van der Waals surface area contributed by atoms with Gasteiger partial charge in [-0.2, -0.15) is 0 Å². The molecular formula is C28H27ClFN5O3S. The molecule has 11 heteroatoms. The first kappa shape index (κ1) is 24.9. The zero-order chi connectivity index (χ0) is 26.7. The smallest absolute Gasteiger partial charge is 0.270 e. The molecule has 1 unspecified atom stereocenters. The van der Waals surface area contributed by atoms with Gasteiger partial charge in [0.25, 0.3) is 11.8 Å². The number of nitrogens with one attached hydrogen (secondary N) is 1. The number of pyridine rings is 1. The van der Waals surface area contributed by atoms with Crippen molar-refractivity contribution in [3.63, 3.8) is 0 Å². The fraction of sp³-hybridized carbons (Fsp3) is 0.429. The first-order valence-electron chi connectivity index (χ1n) is 13.4. The van der Waals surface area contributed by atoms with Crippen molar-refractivity contribution in [3.05, 3.63) is 69.5 Å². The van der Waals surface area contributed by atoms with Crippen LogP contribution in [0.25, 0.3) is 0 Å². The third-order valence-corrected chi connectivity index (χ3v) is 8.98. The van der Waals surface area contributed by atoms with Gasteiger partial charge in [0.15, 0.2) is 22.7 Å². The lowest BCUT2D eigenvalue weighted by molar-refractivity contribution is -0.135. The second-order valence-corrected chi connectivity index (χ2v) is 12.0. The van der Waals surface area contributed by atoms with Gasteiger partial charge in [0.05, 0.1) is 11.4 Å². The van der Waals surface area contributed by atoms with Crippen LogP contribution in [0.1, 0.15) is 70.6 Å². The highest BCUT2D eigenvalue weighted by Crippen LogP contribution is 2.44. The fourth-order valence-corrected chi connectivity index (χ4v) is 6.61. The highest BCUT2D eigenvalue weighted by molar-refractivity contribution is 7.99. The van der Waals surface area contributed by atoms with E-state index >= 15 is 4.39 Å². The number of thioether (sulfide) groups is 1. The lowest BCUT2D eigenvalue weighted by Gasteiger charge is -2.36. The maximum Gasteiger partial charge on any atom is 0.270 e. The minimum atomic E-state index is -0.597. The molecule has 1 N–H and O–H groups in total. The van der Waals surface area contributed by atoms with E-state index in [4.69, 9.17) is 21.3 Å². The number of hydrogen-bond acceptors (Lipinski definition) is 6. The first-order valence-corrected chi connectivity index (χ1v) is 14.7. The highest BCUT2D eigenvalue weighted by atomic mass is 35.5. The Morgan fingerprint density at radius 1 is 1.13 bits per heavy atom. The molecule has 1 atom stereocenters. The van der Waals surface area contributed by atoms with Crippen molar-refractivity contribution in [3.8, 4) is 5.75 Å². The Labute approximate surface area is 234 Å². The van der Waals surface area contributed by atoms with Crippen LogP contribution < -0.4 is 10.1 Å². The summed E-state index contributed by atoms with van der Waals surface area (Å²) < 4.78 is 23.5. The number of halogens is 2. The van der Waals surface area contributed by atoms with Crippen molar-refractivity contribution in [2.45, 2.75) is 61.8 Å². The van der Waals surface area contributed by atoms with E-state index < -0.39 is 6.04 Å². The number of ether oxygens (including phenoxy) is 1. The fourth-order valence-electron chi connectivity index (χ4n) is 5.42. The van der Waals surface area contributed by atoms with Crippen molar-refractivity contribution >= 4 is 35.2 Å². The van der Waals surface area contributed by atoms with E-state index in [1.54, 1.807) is 28.8 Å². The summed E-state index contributed by atoms with van der Waals surface area (Å²) in [4.78, 5) is 36.5. The molecule has 8 nitrogen and oxygen atoms in total. The number of imidazole rings is 1. The van der Waals surface area contributed by atoms with Crippen molar-refractivity contribution in [2.75, 3.05) is 18.9 Å². The summed E-state index contributed by atoms with van der Waals surface area (Å²) in [7, 11) is 0. The lowest BCUT2D eigenvalue weighted by atomic mass is 9.93. The number of hydrogen-bond donors (Lipinski definition) is 1. The number of rotatable bonds is 7. The Morgan fingerprint density at radius 2 is 1.97 bits per heavy atom. The third kappa shape index (κ3) is 4.78. The Bertz CT molecular complexity index is 1490. The van der Waals surface area contributed by atoms with Crippen LogP contribution in [-0.2, 0) is 17.8 Å². The number of carbonyl (C=O) groups excluding carboxylic acids is 2. The Kier molecular flexibility index (Phi) is 6.27. The van der Waals surface area contributed by atoms with Gasteiger partial charge in [-0.25, -0.2) is 14.4 Å². The van der Waals surface area contributed by atoms with Crippen molar-refractivity contribution in [2.24, 2.45) is 0 Å². The highest BCUT2D eigenvalue weighted by Gasteiger charge is 2.39. The molecule has 0 bridgehead atoms. The van der Waals surface area contributed by atoms with Crippen LogP contribution in [-0.4, -0.2) is 56.2 Å². The van der Waals surface area contributed by atoms with Gasteiger partial charge in [-0.15, -0.1) is 0 Å². The van der Waals surface area contributed by atoms with Crippen LogP contribution >= 0.6 is 23.4 Å². The predicted molar refractivity (Wildman–Crippen MR) is 144 cm³/mol. The summed E-state index contributed by atoms with van der Waals surface area (Å²) in [5, 5.41) is 3.81. The van der Waals surface area contributed by atoms with Gasteiger partial charge in [-0.3, -0.25) is 9.59 Å². The average molecular weight is 568 g/mol. The van der Waals surface area contributed by atoms with Crippen LogP contribution in [0.2, 0.25) is 5.15 Å².